The van der Waals surface area contributed by atoms with Crippen LogP contribution >= 0.6 is 15.9 Å². The van der Waals surface area contributed by atoms with Gasteiger partial charge in [-0.2, -0.15) is 4.98 Å². The Kier molecular flexibility index (Phi) is 4.04. The summed E-state index contributed by atoms with van der Waals surface area (Å²) in [7, 11) is 3.02. The van der Waals surface area contributed by atoms with Gasteiger partial charge in [-0.05, 0) is 36.4 Å². The van der Waals surface area contributed by atoms with Crippen LogP contribution in [0.4, 0.5) is 4.39 Å². The quantitative estimate of drug-likeness (QED) is 0.400. The van der Waals surface area contributed by atoms with Crippen LogP contribution in [0.25, 0.3) is 33.9 Å². The number of hydrogen-bond acceptors (Lipinski definition) is 3. The summed E-state index contributed by atoms with van der Waals surface area (Å²) in [6, 6.07) is 13.7. The lowest BCUT2D eigenvalue weighted by Crippen LogP contribution is -2.37. The molecule has 0 unspecified atom stereocenters. The number of halogens is 2. The first kappa shape index (κ1) is 18.6. The highest BCUT2D eigenvalue weighted by atomic mass is 79.9. The van der Waals surface area contributed by atoms with Gasteiger partial charge in [0, 0.05) is 36.0 Å². The summed E-state index contributed by atoms with van der Waals surface area (Å²) >= 11 is 3.44. The van der Waals surface area contributed by atoms with Crippen LogP contribution in [0.3, 0.4) is 0 Å². The molecule has 0 saturated heterocycles. The van der Waals surface area contributed by atoms with Crippen molar-refractivity contribution in [3.05, 3.63) is 85.9 Å². The lowest BCUT2D eigenvalue weighted by Gasteiger charge is -2.09. The molecule has 0 fully saturated rings. The van der Waals surface area contributed by atoms with E-state index in [1.54, 1.807) is 23.6 Å². The third kappa shape index (κ3) is 2.58. The predicted octanol–water partition coefficient (Wildman–Crippen LogP) is 3.24. The fourth-order valence-corrected chi connectivity index (χ4v) is 3.90. The van der Waals surface area contributed by atoms with Gasteiger partial charge in [0.15, 0.2) is 11.2 Å². The zero-order valence-electron chi connectivity index (χ0n) is 16.0. The van der Waals surface area contributed by atoms with Crippen LogP contribution in [0.2, 0.25) is 0 Å². The Morgan fingerprint density at radius 1 is 0.933 bits per heavy atom. The van der Waals surface area contributed by atoms with Gasteiger partial charge >= 0.3 is 5.69 Å². The maximum atomic E-state index is 13.6. The maximum absolute atomic E-state index is 13.6. The minimum atomic E-state index is -0.449. The largest absolute Gasteiger partial charge is 0.332 e. The molecule has 0 saturated carbocycles. The van der Waals surface area contributed by atoms with Gasteiger partial charge in [-0.15, -0.1) is 0 Å². The first-order valence-corrected chi connectivity index (χ1v) is 9.87. The molecule has 0 atom stereocenters. The molecule has 0 N–H and O–H groups in total. The minimum absolute atomic E-state index is 0.288. The van der Waals surface area contributed by atoms with E-state index in [0.29, 0.717) is 17.0 Å². The molecule has 0 radical (unpaired) electrons. The Labute approximate surface area is 177 Å². The van der Waals surface area contributed by atoms with Crippen LogP contribution in [-0.2, 0) is 14.1 Å². The Bertz CT molecular complexity index is 1560. The van der Waals surface area contributed by atoms with Crippen molar-refractivity contribution in [2.75, 3.05) is 0 Å². The highest BCUT2D eigenvalue weighted by molar-refractivity contribution is 9.10. The summed E-state index contributed by atoms with van der Waals surface area (Å²) in [6.45, 7) is 0. The minimum Gasteiger partial charge on any atom is -0.279 e. The number of nitrogens with zero attached hydrogens (tertiary/aromatic N) is 5. The van der Waals surface area contributed by atoms with E-state index in [4.69, 9.17) is 0 Å². The SMILES string of the molecule is Cn1c(=O)c2c(nc3n(-c4ccc(F)cc4)c(-c4ccc(Br)cc4)cn23)n(C)c1=O. The highest BCUT2D eigenvalue weighted by Crippen LogP contribution is 2.29. The van der Waals surface area contributed by atoms with Gasteiger partial charge in [0.1, 0.15) is 5.82 Å². The molecule has 5 rings (SSSR count). The summed E-state index contributed by atoms with van der Waals surface area (Å²) < 4.78 is 20.4. The van der Waals surface area contributed by atoms with Crippen molar-refractivity contribution < 1.29 is 4.39 Å². The Balaban J connectivity index is 1.95. The van der Waals surface area contributed by atoms with E-state index in [-0.39, 0.29) is 11.5 Å². The van der Waals surface area contributed by atoms with Gasteiger partial charge in [-0.25, -0.2) is 9.18 Å². The van der Waals surface area contributed by atoms with Gasteiger partial charge in [0.25, 0.3) is 5.56 Å². The molecule has 150 valence electrons. The average Bonchev–Trinajstić information content (AvgIpc) is 3.28. The van der Waals surface area contributed by atoms with Crippen LogP contribution in [0.15, 0.2) is 68.8 Å². The topological polar surface area (TPSA) is 66.2 Å². The van der Waals surface area contributed by atoms with Crippen LogP contribution in [0.1, 0.15) is 0 Å². The fourth-order valence-electron chi connectivity index (χ4n) is 3.64. The molecule has 3 heterocycles. The van der Waals surface area contributed by atoms with Gasteiger partial charge in [0.2, 0.25) is 5.78 Å². The number of fused-ring (bicyclic) bond motifs is 3. The summed E-state index contributed by atoms with van der Waals surface area (Å²) in [5, 5.41) is 0. The third-order valence-electron chi connectivity index (χ3n) is 5.19. The van der Waals surface area contributed by atoms with Crippen molar-refractivity contribution in [1.29, 1.82) is 0 Å². The lowest BCUT2D eigenvalue weighted by atomic mass is 10.1. The molecule has 7 nitrogen and oxygen atoms in total. The molecule has 5 aromatic rings. The summed E-state index contributed by atoms with van der Waals surface area (Å²) in [5.41, 5.74) is 2.05. The molecular weight excluding hydrogens is 453 g/mol. The highest BCUT2D eigenvalue weighted by Gasteiger charge is 2.21. The van der Waals surface area contributed by atoms with Crippen molar-refractivity contribution in [2.45, 2.75) is 0 Å². The first-order chi connectivity index (χ1) is 14.4. The van der Waals surface area contributed by atoms with Crippen molar-refractivity contribution in [1.82, 2.24) is 23.1 Å². The predicted molar refractivity (Wildman–Crippen MR) is 116 cm³/mol. The third-order valence-corrected chi connectivity index (χ3v) is 5.72. The van der Waals surface area contributed by atoms with E-state index in [9.17, 15) is 14.0 Å². The van der Waals surface area contributed by atoms with E-state index < -0.39 is 11.2 Å². The zero-order chi connectivity index (χ0) is 21.2. The number of imidazole rings is 2. The van der Waals surface area contributed by atoms with Crippen molar-refractivity contribution in [3.63, 3.8) is 0 Å². The van der Waals surface area contributed by atoms with Crippen LogP contribution < -0.4 is 11.2 Å². The van der Waals surface area contributed by atoms with E-state index in [0.717, 1.165) is 20.3 Å². The van der Waals surface area contributed by atoms with E-state index >= 15 is 0 Å². The van der Waals surface area contributed by atoms with E-state index in [1.165, 1.54) is 23.7 Å². The standard InChI is InChI=1S/C21H15BrFN5O2/c1-25-18-17(19(29)26(2)21(25)30)27-11-16(12-3-5-13(22)6-4-12)28(20(27)24-18)15-9-7-14(23)8-10-15/h3-11H,1-2H3. The molecule has 0 aliphatic carbocycles. The second-order valence-corrected chi connectivity index (χ2v) is 7.91. The smallest absolute Gasteiger partial charge is 0.279 e. The number of benzene rings is 2. The van der Waals surface area contributed by atoms with Gasteiger partial charge < -0.3 is 0 Å². The van der Waals surface area contributed by atoms with Crippen LogP contribution in [0.5, 0.6) is 0 Å². The molecule has 30 heavy (non-hydrogen) atoms. The van der Waals surface area contributed by atoms with E-state index in [1.807, 2.05) is 35.0 Å². The second-order valence-electron chi connectivity index (χ2n) is 6.99. The summed E-state index contributed by atoms with van der Waals surface area (Å²) in [4.78, 5) is 29.8. The second kappa shape index (κ2) is 6.53. The molecule has 0 amide bonds. The molecule has 9 heteroatoms. The summed E-state index contributed by atoms with van der Waals surface area (Å²) in [5.74, 6) is 0.102. The molecule has 0 aliphatic rings. The Morgan fingerprint density at radius 3 is 2.27 bits per heavy atom. The zero-order valence-corrected chi connectivity index (χ0v) is 17.6. The van der Waals surface area contributed by atoms with Crippen molar-refractivity contribution in [2.24, 2.45) is 14.1 Å². The molecular formula is C21H15BrFN5O2. The summed E-state index contributed by atoms with van der Waals surface area (Å²) in [6.07, 6.45) is 1.81. The first-order valence-electron chi connectivity index (χ1n) is 9.08. The molecule has 0 spiro atoms. The molecule has 3 aromatic heterocycles. The Hall–Kier alpha value is -3.46. The van der Waals surface area contributed by atoms with E-state index in [2.05, 4.69) is 20.9 Å². The van der Waals surface area contributed by atoms with Crippen molar-refractivity contribution in [3.8, 4) is 16.9 Å². The lowest BCUT2D eigenvalue weighted by molar-refractivity contribution is 0.627. The van der Waals surface area contributed by atoms with Gasteiger partial charge in [-0.3, -0.25) is 22.9 Å². The van der Waals surface area contributed by atoms with Crippen LogP contribution in [-0.4, -0.2) is 23.1 Å². The maximum Gasteiger partial charge on any atom is 0.332 e. The van der Waals surface area contributed by atoms with Crippen molar-refractivity contribution >= 4 is 32.9 Å². The number of aromatic nitrogens is 5. The van der Waals surface area contributed by atoms with Gasteiger partial charge in [0.05, 0.1) is 5.69 Å². The average molecular weight is 468 g/mol. The van der Waals surface area contributed by atoms with Gasteiger partial charge in [-0.1, -0.05) is 28.1 Å². The number of aryl methyl sites for hydroxylation is 1. The number of hydrogen-bond donors (Lipinski definition) is 0. The molecule has 0 aliphatic heterocycles. The molecule has 0 bridgehead atoms. The fraction of sp³-hybridized carbons (Fsp3) is 0.0952. The number of rotatable bonds is 2. The monoisotopic (exact) mass is 467 g/mol. The normalized spacial score (nSPS) is 11.6. The van der Waals surface area contributed by atoms with Crippen LogP contribution in [0, 0.1) is 5.82 Å². The molecule has 2 aromatic carbocycles. The Morgan fingerprint density at radius 2 is 1.60 bits per heavy atom.